The number of nitrogens with zero attached hydrogens (tertiary/aromatic N) is 1. The second kappa shape index (κ2) is 6.80. The van der Waals surface area contributed by atoms with Crippen molar-refractivity contribution in [3.05, 3.63) is 0 Å². The monoisotopic (exact) mass is 294 g/mol. The highest BCUT2D eigenvalue weighted by Crippen LogP contribution is 2.34. The quantitative estimate of drug-likeness (QED) is 0.866. The second-order valence-electron chi connectivity index (χ2n) is 7.16. The zero-order valence-electron chi connectivity index (χ0n) is 13.8. The third kappa shape index (κ3) is 3.58. The van der Waals surface area contributed by atoms with Crippen molar-refractivity contribution in [1.29, 1.82) is 0 Å². The fourth-order valence-corrected chi connectivity index (χ4v) is 3.70. The van der Waals surface area contributed by atoms with Crippen molar-refractivity contribution in [2.75, 3.05) is 13.1 Å². The van der Waals surface area contributed by atoms with Crippen LogP contribution in [0.3, 0.4) is 0 Å². The fraction of sp³-hybridized carbons (Fsp3) is 0.882. The van der Waals surface area contributed by atoms with Gasteiger partial charge in [0.1, 0.15) is 5.54 Å². The van der Waals surface area contributed by atoms with Gasteiger partial charge in [0.2, 0.25) is 11.8 Å². The molecule has 1 aliphatic heterocycles. The molecule has 120 valence electrons. The lowest BCUT2D eigenvalue weighted by Crippen LogP contribution is -2.64. The summed E-state index contributed by atoms with van der Waals surface area (Å²) in [6, 6.07) is 0. The maximum absolute atomic E-state index is 12.8. The van der Waals surface area contributed by atoms with E-state index in [4.69, 9.17) is 0 Å². The number of amides is 2. The summed E-state index contributed by atoms with van der Waals surface area (Å²) in [6.07, 6.45) is 8.24. The van der Waals surface area contributed by atoms with Crippen molar-refractivity contribution in [3.8, 4) is 0 Å². The van der Waals surface area contributed by atoms with Crippen LogP contribution in [0.25, 0.3) is 0 Å². The number of hydrogen-bond acceptors (Lipinski definition) is 2. The molecule has 1 N–H and O–H groups in total. The summed E-state index contributed by atoms with van der Waals surface area (Å²) in [5.41, 5.74) is -0.700. The number of unbranched alkanes of at least 4 members (excludes halogenated alkanes) is 1. The van der Waals surface area contributed by atoms with Gasteiger partial charge in [0, 0.05) is 19.0 Å². The SMILES string of the molecule is CCCCC1CCC(C(=O)N2CCNC(=O)C2(C)C)CC1. The molecule has 0 bridgehead atoms. The zero-order chi connectivity index (χ0) is 15.5. The number of hydrogen-bond donors (Lipinski definition) is 1. The Labute approximate surface area is 128 Å². The first-order chi connectivity index (χ1) is 9.96. The van der Waals surface area contributed by atoms with E-state index in [9.17, 15) is 9.59 Å². The zero-order valence-corrected chi connectivity index (χ0v) is 13.8. The molecule has 21 heavy (non-hydrogen) atoms. The van der Waals surface area contributed by atoms with Crippen LogP contribution in [0.2, 0.25) is 0 Å². The van der Waals surface area contributed by atoms with E-state index in [1.54, 1.807) is 0 Å². The lowest BCUT2D eigenvalue weighted by Gasteiger charge is -2.43. The van der Waals surface area contributed by atoms with Crippen LogP contribution >= 0.6 is 0 Å². The fourth-order valence-electron chi connectivity index (χ4n) is 3.70. The molecule has 1 aliphatic carbocycles. The molecule has 1 saturated carbocycles. The average Bonchev–Trinajstić information content (AvgIpc) is 2.48. The maximum Gasteiger partial charge on any atom is 0.245 e. The summed E-state index contributed by atoms with van der Waals surface area (Å²) in [5.74, 6) is 1.11. The van der Waals surface area contributed by atoms with E-state index in [0.717, 1.165) is 18.8 Å². The highest BCUT2D eigenvalue weighted by atomic mass is 16.2. The Kier molecular flexibility index (Phi) is 5.28. The lowest BCUT2D eigenvalue weighted by molar-refractivity contribution is -0.152. The van der Waals surface area contributed by atoms with Crippen molar-refractivity contribution < 1.29 is 9.59 Å². The van der Waals surface area contributed by atoms with Crippen molar-refractivity contribution in [2.24, 2.45) is 11.8 Å². The molecule has 0 atom stereocenters. The molecule has 0 spiro atoms. The first-order valence-electron chi connectivity index (χ1n) is 8.56. The summed E-state index contributed by atoms with van der Waals surface area (Å²) < 4.78 is 0. The van der Waals surface area contributed by atoms with Gasteiger partial charge in [-0.05, 0) is 45.4 Å². The molecule has 0 unspecified atom stereocenters. The molecule has 0 aromatic heterocycles. The Morgan fingerprint density at radius 1 is 1.29 bits per heavy atom. The predicted octanol–water partition coefficient (Wildman–Crippen LogP) is 2.72. The first-order valence-corrected chi connectivity index (χ1v) is 8.56. The van der Waals surface area contributed by atoms with Crippen molar-refractivity contribution >= 4 is 11.8 Å². The highest BCUT2D eigenvalue weighted by Gasteiger charge is 2.42. The van der Waals surface area contributed by atoms with Crippen molar-refractivity contribution in [1.82, 2.24) is 10.2 Å². The van der Waals surface area contributed by atoms with Crippen LogP contribution in [-0.2, 0) is 9.59 Å². The highest BCUT2D eigenvalue weighted by molar-refractivity contribution is 5.92. The molecule has 0 aromatic rings. The normalized spacial score (nSPS) is 29.1. The topological polar surface area (TPSA) is 49.4 Å². The van der Waals surface area contributed by atoms with E-state index < -0.39 is 5.54 Å². The minimum atomic E-state index is -0.700. The molecule has 2 rings (SSSR count). The van der Waals surface area contributed by atoms with Gasteiger partial charge in [-0.15, -0.1) is 0 Å². The standard InChI is InChI=1S/C17H30N2O2/c1-4-5-6-13-7-9-14(10-8-13)15(20)19-12-11-18-16(21)17(19,2)3/h13-14H,4-12H2,1-3H3,(H,18,21). The van der Waals surface area contributed by atoms with Crippen LogP contribution in [0.4, 0.5) is 0 Å². The molecule has 2 fully saturated rings. The summed E-state index contributed by atoms with van der Waals surface area (Å²) >= 11 is 0. The molecule has 0 radical (unpaired) electrons. The maximum atomic E-state index is 12.8. The molecular formula is C17H30N2O2. The van der Waals surface area contributed by atoms with E-state index in [-0.39, 0.29) is 17.7 Å². The molecule has 4 nitrogen and oxygen atoms in total. The molecule has 0 aromatic carbocycles. The number of nitrogens with one attached hydrogen (secondary N) is 1. The summed E-state index contributed by atoms with van der Waals surface area (Å²) in [6.45, 7) is 7.17. The van der Waals surface area contributed by atoms with Crippen LogP contribution in [-0.4, -0.2) is 35.3 Å². The molecule has 1 heterocycles. The molecule has 4 heteroatoms. The van der Waals surface area contributed by atoms with E-state index in [1.807, 2.05) is 18.7 Å². The van der Waals surface area contributed by atoms with Crippen LogP contribution < -0.4 is 5.32 Å². The molecular weight excluding hydrogens is 264 g/mol. The molecule has 1 saturated heterocycles. The van der Waals surface area contributed by atoms with Gasteiger partial charge in [-0.1, -0.05) is 26.2 Å². The lowest BCUT2D eigenvalue weighted by atomic mass is 9.78. The average molecular weight is 294 g/mol. The Bertz CT molecular complexity index is 384. The number of carbonyl (C=O) groups is 2. The van der Waals surface area contributed by atoms with Gasteiger partial charge in [0.15, 0.2) is 0 Å². The van der Waals surface area contributed by atoms with E-state index in [1.165, 1.54) is 32.1 Å². The van der Waals surface area contributed by atoms with Gasteiger partial charge in [0.25, 0.3) is 0 Å². The third-order valence-electron chi connectivity index (χ3n) is 5.28. The van der Waals surface area contributed by atoms with Crippen molar-refractivity contribution in [2.45, 2.75) is 71.3 Å². The Balaban J connectivity index is 1.91. The third-order valence-corrected chi connectivity index (χ3v) is 5.28. The van der Waals surface area contributed by atoms with Crippen LogP contribution in [0, 0.1) is 11.8 Å². The van der Waals surface area contributed by atoms with Crippen molar-refractivity contribution in [3.63, 3.8) is 0 Å². The van der Waals surface area contributed by atoms with Gasteiger partial charge >= 0.3 is 0 Å². The minimum absolute atomic E-state index is 0.0290. The largest absolute Gasteiger partial charge is 0.352 e. The second-order valence-corrected chi connectivity index (χ2v) is 7.16. The van der Waals surface area contributed by atoms with Gasteiger partial charge < -0.3 is 10.2 Å². The summed E-state index contributed by atoms with van der Waals surface area (Å²) in [5, 5.41) is 2.86. The minimum Gasteiger partial charge on any atom is -0.352 e. The van der Waals surface area contributed by atoms with Crippen LogP contribution in [0.15, 0.2) is 0 Å². The predicted molar refractivity (Wildman–Crippen MR) is 83.8 cm³/mol. The summed E-state index contributed by atoms with van der Waals surface area (Å²) in [4.78, 5) is 26.6. The van der Waals surface area contributed by atoms with Gasteiger partial charge in [-0.25, -0.2) is 0 Å². The molecule has 2 amide bonds. The van der Waals surface area contributed by atoms with Crippen LogP contribution in [0.5, 0.6) is 0 Å². The smallest absolute Gasteiger partial charge is 0.245 e. The number of carbonyl (C=O) groups excluding carboxylic acids is 2. The Morgan fingerprint density at radius 3 is 2.57 bits per heavy atom. The number of piperazine rings is 1. The first kappa shape index (κ1) is 16.3. The van der Waals surface area contributed by atoms with Gasteiger partial charge in [0.05, 0.1) is 0 Å². The molecule has 2 aliphatic rings. The van der Waals surface area contributed by atoms with Crippen LogP contribution in [0.1, 0.15) is 65.7 Å². The number of rotatable bonds is 4. The summed E-state index contributed by atoms with van der Waals surface area (Å²) in [7, 11) is 0. The Hall–Kier alpha value is -1.06. The van der Waals surface area contributed by atoms with E-state index >= 15 is 0 Å². The van der Waals surface area contributed by atoms with Gasteiger partial charge in [-0.2, -0.15) is 0 Å². The van der Waals surface area contributed by atoms with Gasteiger partial charge in [-0.3, -0.25) is 9.59 Å². The Morgan fingerprint density at radius 2 is 1.95 bits per heavy atom. The van der Waals surface area contributed by atoms with E-state index in [0.29, 0.717) is 13.1 Å². The van der Waals surface area contributed by atoms with E-state index in [2.05, 4.69) is 12.2 Å².